The number of nitrogens with one attached hydrogen (secondary N) is 3. The average Bonchev–Trinajstić information content (AvgIpc) is 3.00. The molecule has 0 aliphatic carbocycles. The lowest BCUT2D eigenvalue weighted by molar-refractivity contribution is -0.158. The van der Waals surface area contributed by atoms with E-state index >= 15 is 0 Å². The smallest absolute Gasteiger partial charge is 0.329 e. The quantitative estimate of drug-likeness (QED) is 0.219. The molecule has 1 fully saturated rings. The van der Waals surface area contributed by atoms with E-state index in [9.17, 15) is 19.2 Å². The lowest BCUT2D eigenvalue weighted by Gasteiger charge is -2.29. The van der Waals surface area contributed by atoms with Gasteiger partial charge in [-0.15, -0.1) is 0 Å². The van der Waals surface area contributed by atoms with Gasteiger partial charge in [-0.25, -0.2) is 4.79 Å². The number of benzene rings is 2. The Kier molecular flexibility index (Phi) is 13.5. The van der Waals surface area contributed by atoms with E-state index < -0.39 is 42.0 Å². The van der Waals surface area contributed by atoms with Gasteiger partial charge in [0.25, 0.3) is 0 Å². The van der Waals surface area contributed by atoms with Crippen molar-refractivity contribution >= 4 is 34.5 Å². The molecule has 0 unspecified atom stereocenters. The molecule has 3 N–H and O–H groups in total. The van der Waals surface area contributed by atoms with Gasteiger partial charge in [0.15, 0.2) is 0 Å². The van der Waals surface area contributed by atoms with E-state index in [-0.39, 0.29) is 30.6 Å². The molecule has 3 amide bonds. The summed E-state index contributed by atoms with van der Waals surface area (Å²) < 4.78 is 6.03. The molecule has 8 heteroatoms. The number of esters is 1. The Labute approximate surface area is 257 Å². The Balaban J connectivity index is 1.87. The zero-order valence-corrected chi connectivity index (χ0v) is 26.6. The number of fused-ring (bicyclic) bond motifs is 1. The van der Waals surface area contributed by atoms with Crippen LogP contribution in [0.3, 0.4) is 0 Å². The number of hydrogen-bond acceptors (Lipinski definition) is 5. The summed E-state index contributed by atoms with van der Waals surface area (Å²) in [5.74, 6) is -2.08. The molecule has 0 aromatic heterocycles. The lowest BCUT2D eigenvalue weighted by atomic mass is 9.93. The summed E-state index contributed by atoms with van der Waals surface area (Å²) in [6.07, 6.45) is 7.84. The molecule has 1 aliphatic rings. The summed E-state index contributed by atoms with van der Waals surface area (Å²) in [4.78, 5) is 53.7. The Morgan fingerprint density at radius 2 is 1.51 bits per heavy atom. The third-order valence-electron chi connectivity index (χ3n) is 8.77. The van der Waals surface area contributed by atoms with Crippen molar-refractivity contribution in [2.24, 2.45) is 11.8 Å². The van der Waals surface area contributed by atoms with E-state index in [0.717, 1.165) is 42.0 Å². The predicted molar refractivity (Wildman–Crippen MR) is 170 cm³/mol. The molecule has 0 bridgehead atoms. The zero-order valence-electron chi connectivity index (χ0n) is 26.6. The number of cyclic esters (lactones) is 1. The molecule has 0 spiro atoms. The summed E-state index contributed by atoms with van der Waals surface area (Å²) in [5, 5.41) is 10.5. The maximum atomic E-state index is 13.6. The average molecular weight is 594 g/mol. The van der Waals surface area contributed by atoms with E-state index in [1.54, 1.807) is 6.92 Å². The number of ether oxygens (including phenoxy) is 1. The normalized spacial score (nSPS) is 23.6. The van der Waals surface area contributed by atoms with Crippen LogP contribution in [0.25, 0.3) is 10.8 Å². The van der Waals surface area contributed by atoms with Crippen LogP contribution in [-0.4, -0.2) is 47.9 Å². The van der Waals surface area contributed by atoms with Gasteiger partial charge in [0.05, 0.1) is 6.42 Å². The fraction of sp³-hybridized carbons (Fsp3) is 0.600. The summed E-state index contributed by atoms with van der Waals surface area (Å²) in [6.45, 7) is 9.61. The third kappa shape index (κ3) is 10.1. The highest BCUT2D eigenvalue weighted by Gasteiger charge is 2.35. The van der Waals surface area contributed by atoms with Crippen molar-refractivity contribution in [2.75, 3.05) is 0 Å². The Morgan fingerprint density at radius 3 is 2.26 bits per heavy atom. The van der Waals surface area contributed by atoms with Crippen LogP contribution in [0.4, 0.5) is 0 Å². The number of unbranched alkanes of at least 4 members (excludes halogenated alkanes) is 5. The standard InChI is InChI=1S/C35H51N3O5/c1-6-8-9-10-11-12-16-24(4)30-22-31(39)37-29(21-27-19-15-18-26-17-13-14-20-28(26)27)34(41)36-25(5)33(40)38-32(23(3)7-2)35(42)43-30/h13-15,17-20,23-25,29-30,32H,6-12,16,21-22H2,1-5H3,(H,36,41)(H,37,39)(H,38,40)/t23-,24-,25-,29-,30-,32+/m0/s1. The molecular formula is C35H51N3O5. The molecule has 6 atom stereocenters. The first-order chi connectivity index (χ1) is 20.6. The minimum atomic E-state index is -0.915. The molecule has 2 aromatic rings. The number of rotatable bonds is 12. The van der Waals surface area contributed by atoms with Crippen LogP contribution < -0.4 is 16.0 Å². The molecule has 0 saturated carbocycles. The second-order valence-electron chi connectivity index (χ2n) is 12.3. The first kappa shape index (κ1) is 34.1. The van der Waals surface area contributed by atoms with Crippen LogP contribution >= 0.6 is 0 Å². The first-order valence-corrected chi connectivity index (χ1v) is 16.2. The monoisotopic (exact) mass is 593 g/mol. The SMILES string of the molecule is CCCCCCCC[C@H](C)[C@@H]1CC(=O)N[C@@H](Cc2cccc3ccccc23)C(=O)N[C@@H](C)C(=O)N[C@H]([C@@H](C)CC)C(=O)O1. The maximum absolute atomic E-state index is 13.6. The van der Waals surface area contributed by atoms with Gasteiger partial charge in [-0.3, -0.25) is 14.4 Å². The van der Waals surface area contributed by atoms with Crippen LogP contribution in [0.5, 0.6) is 0 Å². The maximum Gasteiger partial charge on any atom is 0.329 e. The van der Waals surface area contributed by atoms with E-state index in [1.807, 2.05) is 63.2 Å². The van der Waals surface area contributed by atoms with E-state index in [1.165, 1.54) is 19.3 Å². The second-order valence-corrected chi connectivity index (χ2v) is 12.3. The number of carbonyl (C=O) groups is 4. The molecule has 1 aliphatic heterocycles. The van der Waals surface area contributed by atoms with Crippen LogP contribution in [-0.2, 0) is 30.3 Å². The van der Waals surface area contributed by atoms with E-state index in [2.05, 4.69) is 22.9 Å². The van der Waals surface area contributed by atoms with Gasteiger partial charge < -0.3 is 20.7 Å². The van der Waals surface area contributed by atoms with Gasteiger partial charge in [-0.1, -0.05) is 115 Å². The minimum absolute atomic E-state index is 0.0568. The lowest BCUT2D eigenvalue weighted by Crippen LogP contribution is -2.55. The fourth-order valence-electron chi connectivity index (χ4n) is 5.68. The Hall–Kier alpha value is -3.42. The van der Waals surface area contributed by atoms with Crippen LogP contribution in [0.1, 0.15) is 98.0 Å². The van der Waals surface area contributed by atoms with Crippen molar-refractivity contribution in [3.63, 3.8) is 0 Å². The zero-order chi connectivity index (χ0) is 31.4. The largest absolute Gasteiger partial charge is 0.460 e. The van der Waals surface area contributed by atoms with Crippen molar-refractivity contribution in [3.8, 4) is 0 Å². The topological polar surface area (TPSA) is 114 Å². The molecule has 0 radical (unpaired) electrons. The van der Waals surface area contributed by atoms with Crippen molar-refractivity contribution in [2.45, 2.75) is 123 Å². The summed E-state index contributed by atoms with van der Waals surface area (Å²) in [6, 6.07) is 11.1. The van der Waals surface area contributed by atoms with Crippen LogP contribution in [0.2, 0.25) is 0 Å². The van der Waals surface area contributed by atoms with Crippen molar-refractivity contribution in [1.82, 2.24) is 16.0 Å². The predicted octanol–water partition coefficient (Wildman–Crippen LogP) is 5.60. The highest BCUT2D eigenvalue weighted by Crippen LogP contribution is 2.23. The molecule has 2 aromatic carbocycles. The van der Waals surface area contributed by atoms with Gasteiger partial charge in [0.1, 0.15) is 24.2 Å². The number of hydrogen-bond donors (Lipinski definition) is 3. The van der Waals surface area contributed by atoms with Gasteiger partial charge >= 0.3 is 5.97 Å². The Morgan fingerprint density at radius 1 is 0.814 bits per heavy atom. The number of carbonyl (C=O) groups excluding carboxylic acids is 4. The molecule has 3 rings (SSSR count). The van der Waals surface area contributed by atoms with Gasteiger partial charge in [0.2, 0.25) is 17.7 Å². The van der Waals surface area contributed by atoms with Gasteiger partial charge in [-0.05, 0) is 41.5 Å². The first-order valence-electron chi connectivity index (χ1n) is 16.2. The molecule has 43 heavy (non-hydrogen) atoms. The second kappa shape index (κ2) is 17.0. The highest BCUT2D eigenvalue weighted by atomic mass is 16.5. The van der Waals surface area contributed by atoms with Crippen LogP contribution in [0.15, 0.2) is 42.5 Å². The fourth-order valence-corrected chi connectivity index (χ4v) is 5.68. The summed E-state index contributed by atoms with van der Waals surface area (Å²) in [7, 11) is 0. The van der Waals surface area contributed by atoms with Crippen molar-refractivity contribution in [1.29, 1.82) is 0 Å². The highest BCUT2D eigenvalue weighted by molar-refractivity contribution is 5.94. The minimum Gasteiger partial charge on any atom is -0.460 e. The molecular weight excluding hydrogens is 542 g/mol. The summed E-state index contributed by atoms with van der Waals surface area (Å²) >= 11 is 0. The molecule has 1 heterocycles. The molecule has 8 nitrogen and oxygen atoms in total. The third-order valence-corrected chi connectivity index (χ3v) is 8.77. The molecule has 236 valence electrons. The number of amides is 3. The van der Waals surface area contributed by atoms with Gasteiger partial charge in [-0.2, -0.15) is 0 Å². The van der Waals surface area contributed by atoms with Crippen molar-refractivity contribution < 1.29 is 23.9 Å². The summed E-state index contributed by atoms with van der Waals surface area (Å²) in [5.41, 5.74) is 0.913. The Bertz CT molecular complexity index is 1230. The molecule has 1 saturated heterocycles. The van der Waals surface area contributed by atoms with Crippen LogP contribution in [0, 0.1) is 11.8 Å². The van der Waals surface area contributed by atoms with Crippen molar-refractivity contribution in [3.05, 3.63) is 48.0 Å². The van der Waals surface area contributed by atoms with E-state index in [0.29, 0.717) is 6.42 Å². The van der Waals surface area contributed by atoms with Gasteiger partial charge in [0, 0.05) is 6.42 Å². The van der Waals surface area contributed by atoms with E-state index in [4.69, 9.17) is 4.74 Å².